The van der Waals surface area contributed by atoms with Gasteiger partial charge in [-0.2, -0.15) is 4.98 Å². The predicted molar refractivity (Wildman–Crippen MR) is 112 cm³/mol. The molecular weight excluding hydrogens is 368 g/mol. The Morgan fingerprint density at radius 3 is 2.54 bits per heavy atom. The summed E-state index contributed by atoms with van der Waals surface area (Å²) in [6.07, 6.45) is 1.88. The van der Waals surface area contributed by atoms with Crippen molar-refractivity contribution in [2.75, 3.05) is 38.1 Å². The van der Waals surface area contributed by atoms with Crippen molar-refractivity contribution >= 4 is 17.7 Å². The number of benzene rings is 2. The van der Waals surface area contributed by atoms with E-state index in [0.29, 0.717) is 12.5 Å². The maximum absolute atomic E-state index is 6.13. The molecule has 0 spiro atoms. The summed E-state index contributed by atoms with van der Waals surface area (Å²) in [4.78, 5) is 16.0. The fraction of sp³-hybridized carbons (Fsp3) is 0.273. The Morgan fingerprint density at radius 2 is 1.79 bits per heavy atom. The molecule has 1 aromatic heterocycles. The average molecular weight is 392 g/mol. The molecule has 6 heteroatoms. The molecule has 4 rings (SSSR count). The van der Waals surface area contributed by atoms with E-state index < -0.39 is 0 Å². The van der Waals surface area contributed by atoms with Crippen molar-refractivity contribution in [2.24, 2.45) is 0 Å². The molecule has 0 aliphatic carbocycles. The minimum absolute atomic E-state index is 0.482. The number of hydrogen-bond donors (Lipinski definition) is 0. The van der Waals surface area contributed by atoms with Crippen LogP contribution in [0.25, 0.3) is 0 Å². The van der Waals surface area contributed by atoms with Gasteiger partial charge in [-0.25, -0.2) is 4.98 Å². The quantitative estimate of drug-likeness (QED) is 0.637. The number of piperazine rings is 1. The Labute approximate surface area is 170 Å². The van der Waals surface area contributed by atoms with Crippen LogP contribution >= 0.6 is 11.8 Å². The van der Waals surface area contributed by atoms with E-state index in [4.69, 9.17) is 9.72 Å². The minimum Gasteiger partial charge on any atom is -0.472 e. The van der Waals surface area contributed by atoms with Gasteiger partial charge in [0.15, 0.2) is 0 Å². The lowest BCUT2D eigenvalue weighted by Gasteiger charge is -2.32. The summed E-state index contributed by atoms with van der Waals surface area (Å²) in [6, 6.07) is 21.1. The molecule has 0 unspecified atom stereocenters. The normalized spacial score (nSPS) is 14.8. The molecule has 2 heterocycles. The highest BCUT2D eigenvalue weighted by atomic mass is 32.2. The molecule has 0 bridgehead atoms. The number of rotatable bonds is 6. The second-order valence-corrected chi connectivity index (χ2v) is 7.86. The van der Waals surface area contributed by atoms with Crippen LogP contribution in [0.2, 0.25) is 0 Å². The third kappa shape index (κ3) is 4.82. The lowest BCUT2D eigenvalue weighted by molar-refractivity contribution is 0.283. The van der Waals surface area contributed by atoms with Crippen LogP contribution in [0.5, 0.6) is 5.88 Å². The van der Waals surface area contributed by atoms with Crippen LogP contribution in [0.4, 0.5) is 5.95 Å². The number of nitrogens with zero attached hydrogens (tertiary/aromatic N) is 4. The van der Waals surface area contributed by atoms with Gasteiger partial charge in [-0.15, -0.1) is 0 Å². The van der Waals surface area contributed by atoms with Gasteiger partial charge in [0, 0.05) is 31.1 Å². The second kappa shape index (κ2) is 9.08. The Kier molecular flexibility index (Phi) is 6.09. The summed E-state index contributed by atoms with van der Waals surface area (Å²) in [6.45, 7) is 4.36. The summed E-state index contributed by atoms with van der Waals surface area (Å²) in [5.74, 6) is 1.37. The Hall–Kier alpha value is -2.57. The number of anilines is 1. The highest BCUT2D eigenvalue weighted by molar-refractivity contribution is 7.99. The van der Waals surface area contributed by atoms with Crippen molar-refractivity contribution in [3.63, 3.8) is 0 Å². The summed E-state index contributed by atoms with van der Waals surface area (Å²) in [5.41, 5.74) is 1.12. The van der Waals surface area contributed by atoms with Gasteiger partial charge in [0.25, 0.3) is 0 Å². The van der Waals surface area contributed by atoms with Gasteiger partial charge < -0.3 is 14.5 Å². The van der Waals surface area contributed by atoms with Gasteiger partial charge in [-0.3, -0.25) is 0 Å². The van der Waals surface area contributed by atoms with Crippen molar-refractivity contribution in [1.29, 1.82) is 0 Å². The first kappa shape index (κ1) is 18.8. The van der Waals surface area contributed by atoms with Gasteiger partial charge in [0.1, 0.15) is 6.61 Å². The standard InChI is InChI=1S/C22H23N4OS/c1-25-12-14-26(15-13-25)22-23-16-20(28-19-10-6-3-7-11-19)21(24-22)27-17-18-8-4-2-5-9-18/h2,4-11,16H,12-15,17H2,1H3. The molecule has 5 nitrogen and oxygen atoms in total. The van der Waals surface area contributed by atoms with Crippen LogP contribution in [0.3, 0.4) is 0 Å². The van der Waals surface area contributed by atoms with Crippen LogP contribution < -0.4 is 9.64 Å². The first-order chi connectivity index (χ1) is 13.8. The summed E-state index contributed by atoms with van der Waals surface area (Å²) >= 11 is 1.61. The van der Waals surface area contributed by atoms with Gasteiger partial charge in [-0.05, 0) is 30.8 Å². The Bertz CT molecular complexity index is 884. The summed E-state index contributed by atoms with van der Waals surface area (Å²) in [7, 11) is 2.14. The zero-order valence-corrected chi connectivity index (χ0v) is 16.7. The highest BCUT2D eigenvalue weighted by Crippen LogP contribution is 2.34. The molecule has 1 aliphatic heterocycles. The maximum Gasteiger partial charge on any atom is 0.232 e. The maximum atomic E-state index is 6.13. The zero-order valence-electron chi connectivity index (χ0n) is 15.9. The molecule has 3 aromatic rings. The van der Waals surface area contributed by atoms with Gasteiger partial charge in [-0.1, -0.05) is 54.2 Å². The molecule has 0 atom stereocenters. The largest absolute Gasteiger partial charge is 0.472 e. The van der Waals surface area contributed by atoms with Crippen LogP contribution in [0.15, 0.2) is 70.6 Å². The van der Waals surface area contributed by atoms with E-state index in [9.17, 15) is 0 Å². The lowest BCUT2D eigenvalue weighted by Crippen LogP contribution is -2.45. The molecule has 0 N–H and O–H groups in total. The van der Waals surface area contributed by atoms with Crippen molar-refractivity contribution in [1.82, 2.24) is 14.9 Å². The van der Waals surface area contributed by atoms with Crippen LogP contribution in [-0.4, -0.2) is 48.1 Å². The van der Waals surface area contributed by atoms with E-state index in [1.807, 2.05) is 48.7 Å². The molecule has 1 fully saturated rings. The molecule has 2 aromatic carbocycles. The van der Waals surface area contributed by atoms with Crippen LogP contribution in [0, 0.1) is 6.07 Å². The smallest absolute Gasteiger partial charge is 0.232 e. The van der Waals surface area contributed by atoms with Gasteiger partial charge in [0.05, 0.1) is 11.1 Å². The van der Waals surface area contributed by atoms with E-state index in [1.54, 1.807) is 11.8 Å². The Morgan fingerprint density at radius 1 is 1.04 bits per heavy atom. The molecule has 1 aliphatic rings. The lowest BCUT2D eigenvalue weighted by atomic mass is 10.2. The third-order valence-electron chi connectivity index (χ3n) is 4.63. The minimum atomic E-state index is 0.482. The van der Waals surface area contributed by atoms with Gasteiger partial charge >= 0.3 is 0 Å². The first-order valence-electron chi connectivity index (χ1n) is 9.39. The number of likely N-dealkylation sites (N-methyl/N-ethyl adjacent to an activating group) is 1. The fourth-order valence-corrected chi connectivity index (χ4v) is 3.79. The molecule has 1 radical (unpaired) electrons. The van der Waals surface area contributed by atoms with E-state index in [2.05, 4.69) is 40.0 Å². The molecule has 0 amide bonds. The third-order valence-corrected chi connectivity index (χ3v) is 5.64. The summed E-state index contributed by atoms with van der Waals surface area (Å²) < 4.78 is 6.13. The van der Waals surface area contributed by atoms with Crippen molar-refractivity contribution in [2.45, 2.75) is 16.4 Å². The van der Waals surface area contributed by atoms with E-state index in [1.165, 1.54) is 0 Å². The van der Waals surface area contributed by atoms with Crippen molar-refractivity contribution in [3.05, 3.63) is 72.4 Å². The fourth-order valence-electron chi connectivity index (χ4n) is 2.97. The molecule has 1 saturated heterocycles. The van der Waals surface area contributed by atoms with E-state index in [-0.39, 0.29) is 0 Å². The number of ether oxygens (including phenoxy) is 1. The second-order valence-electron chi connectivity index (χ2n) is 6.74. The van der Waals surface area contributed by atoms with E-state index in [0.717, 1.165) is 47.5 Å². The monoisotopic (exact) mass is 391 g/mol. The molecule has 143 valence electrons. The van der Waals surface area contributed by atoms with E-state index >= 15 is 0 Å². The summed E-state index contributed by atoms with van der Waals surface area (Å²) in [5, 5.41) is 0. The molecular formula is C22H23N4OS. The van der Waals surface area contributed by atoms with Crippen molar-refractivity contribution in [3.8, 4) is 5.88 Å². The molecule has 0 saturated carbocycles. The average Bonchev–Trinajstić information content (AvgIpc) is 2.75. The van der Waals surface area contributed by atoms with Gasteiger partial charge in [0.2, 0.25) is 11.8 Å². The van der Waals surface area contributed by atoms with Crippen LogP contribution in [-0.2, 0) is 6.61 Å². The first-order valence-corrected chi connectivity index (χ1v) is 10.2. The number of aromatic nitrogens is 2. The predicted octanol–water partition coefficient (Wildman–Crippen LogP) is 3.76. The van der Waals surface area contributed by atoms with Crippen LogP contribution in [0.1, 0.15) is 5.56 Å². The zero-order chi connectivity index (χ0) is 19.2. The highest BCUT2D eigenvalue weighted by Gasteiger charge is 2.19. The SMILES string of the molecule is CN1CCN(c2ncc(Sc3cc[c]cc3)c(OCc3ccccc3)n2)CC1. The molecule has 28 heavy (non-hydrogen) atoms. The number of hydrogen-bond acceptors (Lipinski definition) is 6. The Balaban J connectivity index is 1.57. The van der Waals surface area contributed by atoms with Crippen molar-refractivity contribution < 1.29 is 4.74 Å². The topological polar surface area (TPSA) is 41.5 Å².